The monoisotopic (exact) mass is 351 g/mol. The molecule has 1 aromatic rings. The molecule has 0 spiro atoms. The summed E-state index contributed by atoms with van der Waals surface area (Å²) in [5.74, 6) is 0. The van der Waals surface area contributed by atoms with Gasteiger partial charge in [-0.15, -0.1) is 0 Å². The summed E-state index contributed by atoms with van der Waals surface area (Å²) in [5, 5.41) is 3.34. The number of benzene rings is 1. The van der Waals surface area contributed by atoms with Gasteiger partial charge in [-0.2, -0.15) is 0 Å². The third-order valence-electron chi connectivity index (χ3n) is 3.87. The lowest BCUT2D eigenvalue weighted by molar-refractivity contribution is -0.126. The number of para-hydroxylation sites is 1. The zero-order valence-corrected chi connectivity index (χ0v) is 15.1. The van der Waals surface area contributed by atoms with Crippen LogP contribution in [0.15, 0.2) is 30.3 Å². The fourth-order valence-corrected chi connectivity index (χ4v) is 2.59. The average molecular weight is 351 g/mol. The summed E-state index contributed by atoms with van der Waals surface area (Å²) in [5.41, 5.74) is 1.35. The highest BCUT2D eigenvalue weighted by atomic mass is 16.5. The van der Waals surface area contributed by atoms with E-state index in [0.29, 0.717) is 6.47 Å². The number of ether oxygens (including phenoxy) is 2. The van der Waals surface area contributed by atoms with Crippen molar-refractivity contribution >= 4 is 18.3 Å². The molecule has 2 aliphatic heterocycles. The smallest absolute Gasteiger partial charge is 0.409 e. The van der Waals surface area contributed by atoms with Crippen molar-refractivity contribution in [3.8, 4) is 0 Å². The summed E-state index contributed by atoms with van der Waals surface area (Å²) in [4.78, 5) is 23.8. The minimum atomic E-state index is -0.187. The molecule has 0 atom stereocenters. The Hall–Kier alpha value is -2.28. The molecule has 0 aromatic heterocycles. The topological polar surface area (TPSA) is 71.1 Å². The number of amides is 1. The standard InChI is InChI=1S/C10H14N2.C6H11NO2.C2H4O2/c1-2-4-10(5-3-1)12-8-6-11-7-9-12;1-9-6(8)7-4-2-3-5-7;1-4-2-3/h1-5,11H,6-9H2;2-5H2,1H3;2H,1H3. The Kier molecular flexibility index (Phi) is 10.8. The minimum Gasteiger partial charge on any atom is -0.471 e. The summed E-state index contributed by atoms with van der Waals surface area (Å²) in [6.07, 6.45) is 2.05. The van der Waals surface area contributed by atoms with Gasteiger partial charge in [0.05, 0.1) is 14.2 Å². The van der Waals surface area contributed by atoms with Gasteiger partial charge in [0.15, 0.2) is 0 Å². The summed E-state index contributed by atoms with van der Waals surface area (Å²) in [6.45, 7) is 6.58. The summed E-state index contributed by atoms with van der Waals surface area (Å²) in [6, 6.07) is 10.6. The molecule has 7 heteroatoms. The highest BCUT2D eigenvalue weighted by molar-refractivity contribution is 5.67. The van der Waals surface area contributed by atoms with Gasteiger partial charge in [0, 0.05) is 45.0 Å². The van der Waals surface area contributed by atoms with E-state index < -0.39 is 0 Å². The van der Waals surface area contributed by atoms with Crippen molar-refractivity contribution in [2.24, 2.45) is 0 Å². The summed E-state index contributed by atoms with van der Waals surface area (Å²) in [7, 11) is 2.73. The zero-order valence-electron chi connectivity index (χ0n) is 15.1. The number of likely N-dealkylation sites (tertiary alicyclic amines) is 1. The van der Waals surface area contributed by atoms with E-state index in [-0.39, 0.29) is 6.09 Å². The molecule has 140 valence electrons. The number of carbonyl (C=O) groups is 2. The van der Waals surface area contributed by atoms with Crippen LogP contribution in [-0.2, 0) is 14.3 Å². The van der Waals surface area contributed by atoms with Gasteiger partial charge in [-0.3, -0.25) is 4.79 Å². The van der Waals surface area contributed by atoms with Crippen molar-refractivity contribution in [3.63, 3.8) is 0 Å². The first kappa shape index (κ1) is 20.8. The fraction of sp³-hybridized carbons (Fsp3) is 0.556. The van der Waals surface area contributed by atoms with Crippen LogP contribution in [0.1, 0.15) is 12.8 Å². The Balaban J connectivity index is 0.000000213. The number of nitrogens with zero attached hydrogens (tertiary/aromatic N) is 2. The first-order valence-corrected chi connectivity index (χ1v) is 8.53. The van der Waals surface area contributed by atoms with Crippen LogP contribution in [0.5, 0.6) is 0 Å². The molecule has 0 radical (unpaired) electrons. The quantitative estimate of drug-likeness (QED) is 0.819. The molecule has 2 saturated heterocycles. The van der Waals surface area contributed by atoms with Gasteiger partial charge >= 0.3 is 6.09 Å². The number of anilines is 1. The van der Waals surface area contributed by atoms with E-state index in [1.807, 2.05) is 0 Å². The highest BCUT2D eigenvalue weighted by Crippen LogP contribution is 2.12. The summed E-state index contributed by atoms with van der Waals surface area (Å²) >= 11 is 0. The van der Waals surface area contributed by atoms with Crippen LogP contribution in [0.2, 0.25) is 0 Å². The van der Waals surface area contributed by atoms with Gasteiger partial charge in [0.2, 0.25) is 0 Å². The number of hydrogen-bond acceptors (Lipinski definition) is 6. The van der Waals surface area contributed by atoms with Gasteiger partial charge < -0.3 is 24.6 Å². The van der Waals surface area contributed by atoms with Gasteiger partial charge in [0.25, 0.3) is 6.47 Å². The van der Waals surface area contributed by atoms with E-state index in [4.69, 9.17) is 4.79 Å². The Morgan fingerprint density at radius 1 is 1.04 bits per heavy atom. The fourth-order valence-electron chi connectivity index (χ4n) is 2.59. The molecule has 0 saturated carbocycles. The predicted molar refractivity (Wildman–Crippen MR) is 97.8 cm³/mol. The molecule has 0 aliphatic carbocycles. The number of methoxy groups -OCH3 is 2. The van der Waals surface area contributed by atoms with Crippen molar-refractivity contribution in [2.45, 2.75) is 12.8 Å². The Morgan fingerprint density at radius 2 is 1.60 bits per heavy atom. The lowest BCUT2D eigenvalue weighted by Crippen LogP contribution is -2.43. The van der Waals surface area contributed by atoms with Gasteiger partial charge in [0.1, 0.15) is 0 Å². The average Bonchev–Trinajstić information content (AvgIpc) is 3.24. The second kappa shape index (κ2) is 13.1. The first-order valence-electron chi connectivity index (χ1n) is 8.53. The van der Waals surface area contributed by atoms with E-state index in [1.54, 1.807) is 4.90 Å². The Labute approximate surface area is 149 Å². The molecule has 2 fully saturated rings. The van der Waals surface area contributed by atoms with Crippen LogP contribution in [-0.4, -0.2) is 71.0 Å². The molecule has 0 unspecified atom stereocenters. The second-order valence-electron chi connectivity index (χ2n) is 5.57. The maximum Gasteiger partial charge on any atom is 0.409 e. The van der Waals surface area contributed by atoms with Crippen molar-refractivity contribution in [3.05, 3.63) is 30.3 Å². The van der Waals surface area contributed by atoms with E-state index >= 15 is 0 Å². The number of hydrogen-bond donors (Lipinski definition) is 1. The predicted octanol–water partition coefficient (Wildman–Crippen LogP) is 1.73. The lowest BCUT2D eigenvalue weighted by Gasteiger charge is -2.29. The molecule has 3 rings (SSSR count). The van der Waals surface area contributed by atoms with Crippen molar-refractivity contribution < 1.29 is 19.1 Å². The third kappa shape index (κ3) is 8.39. The van der Waals surface area contributed by atoms with Crippen LogP contribution < -0.4 is 10.2 Å². The molecule has 2 aliphatic rings. The number of carbonyl (C=O) groups excluding carboxylic acids is 2. The normalized spacial score (nSPS) is 15.9. The van der Waals surface area contributed by atoms with Crippen LogP contribution >= 0.6 is 0 Å². The minimum absolute atomic E-state index is 0.187. The Morgan fingerprint density at radius 3 is 2.08 bits per heavy atom. The third-order valence-corrected chi connectivity index (χ3v) is 3.87. The lowest BCUT2D eigenvalue weighted by atomic mass is 10.2. The molecular weight excluding hydrogens is 322 g/mol. The first-order chi connectivity index (χ1) is 12.2. The van der Waals surface area contributed by atoms with E-state index in [2.05, 4.69) is 50.0 Å². The molecule has 1 aromatic carbocycles. The van der Waals surface area contributed by atoms with Crippen molar-refractivity contribution in [1.29, 1.82) is 0 Å². The van der Waals surface area contributed by atoms with Gasteiger partial charge in [-0.05, 0) is 25.0 Å². The number of rotatable bonds is 2. The van der Waals surface area contributed by atoms with Gasteiger partial charge in [-0.1, -0.05) is 18.2 Å². The van der Waals surface area contributed by atoms with Crippen LogP contribution in [0, 0.1) is 0 Å². The van der Waals surface area contributed by atoms with Crippen LogP contribution in [0.25, 0.3) is 0 Å². The van der Waals surface area contributed by atoms with E-state index in [9.17, 15) is 4.79 Å². The van der Waals surface area contributed by atoms with E-state index in [0.717, 1.165) is 52.1 Å². The number of piperazine rings is 1. The molecule has 25 heavy (non-hydrogen) atoms. The zero-order chi connectivity index (χ0) is 18.3. The second-order valence-corrected chi connectivity index (χ2v) is 5.57. The van der Waals surface area contributed by atoms with Crippen LogP contribution in [0.4, 0.5) is 10.5 Å². The number of nitrogens with one attached hydrogen (secondary N) is 1. The molecule has 0 bridgehead atoms. The molecule has 1 amide bonds. The molecule has 2 heterocycles. The van der Waals surface area contributed by atoms with Crippen LogP contribution in [0.3, 0.4) is 0 Å². The maximum absolute atomic E-state index is 10.7. The molecule has 7 nitrogen and oxygen atoms in total. The highest BCUT2D eigenvalue weighted by Gasteiger charge is 2.17. The van der Waals surface area contributed by atoms with Crippen molar-refractivity contribution in [1.82, 2.24) is 10.2 Å². The van der Waals surface area contributed by atoms with E-state index in [1.165, 1.54) is 19.9 Å². The molecular formula is C18H29N3O4. The maximum atomic E-state index is 10.7. The van der Waals surface area contributed by atoms with Gasteiger partial charge in [-0.25, -0.2) is 4.79 Å². The Bertz CT molecular complexity index is 472. The van der Waals surface area contributed by atoms with Crippen molar-refractivity contribution in [2.75, 3.05) is 58.4 Å². The SMILES string of the molecule is COC(=O)N1CCCC1.COC=O.c1ccc(N2CCNCC2)cc1. The summed E-state index contributed by atoms with van der Waals surface area (Å²) < 4.78 is 8.38. The molecule has 1 N–H and O–H groups in total. The largest absolute Gasteiger partial charge is 0.471 e.